The molecule has 0 unspecified atom stereocenters. The molecule has 8 heteroatoms. The van der Waals surface area contributed by atoms with Crippen LogP contribution < -0.4 is 4.74 Å². The Kier molecular flexibility index (Phi) is 4.00. The number of carbonyl (C=O) groups excluding carboxylic acids is 1. The molecule has 0 amide bonds. The van der Waals surface area contributed by atoms with Crippen LogP contribution in [0.3, 0.4) is 0 Å². The summed E-state index contributed by atoms with van der Waals surface area (Å²) in [5.74, 6) is -2.29. The highest BCUT2D eigenvalue weighted by molar-refractivity contribution is 5.90. The number of hydrogen-bond acceptors (Lipinski definition) is 5. The second-order valence-corrected chi connectivity index (χ2v) is 3.21. The van der Waals surface area contributed by atoms with Gasteiger partial charge in [-0.05, 0) is 13.8 Å². The quantitative estimate of drug-likeness (QED) is 0.848. The van der Waals surface area contributed by atoms with Gasteiger partial charge in [-0.3, -0.25) is 0 Å². The zero-order chi connectivity index (χ0) is 13.9. The summed E-state index contributed by atoms with van der Waals surface area (Å²) in [6.45, 7) is 2.77. The van der Waals surface area contributed by atoms with E-state index in [0.717, 1.165) is 0 Å². The van der Waals surface area contributed by atoms with Crippen molar-refractivity contribution in [2.45, 2.75) is 20.2 Å². The van der Waals surface area contributed by atoms with Gasteiger partial charge < -0.3 is 14.6 Å². The van der Waals surface area contributed by atoms with E-state index in [1.165, 1.54) is 6.92 Å². The smallest absolute Gasteiger partial charge is 0.505 e. The number of aromatic hydroxyl groups is 1. The van der Waals surface area contributed by atoms with Gasteiger partial charge in [0.05, 0.1) is 12.8 Å². The van der Waals surface area contributed by atoms with Crippen LogP contribution in [0.2, 0.25) is 0 Å². The SMILES string of the molecule is CCOC(=O)c1ncc(OC(F)(F)F)c(C)c1O. The third-order valence-electron chi connectivity index (χ3n) is 1.95. The van der Waals surface area contributed by atoms with Gasteiger partial charge in [0.25, 0.3) is 0 Å². The summed E-state index contributed by atoms with van der Waals surface area (Å²) in [6.07, 6.45) is -4.20. The van der Waals surface area contributed by atoms with E-state index in [1.807, 2.05) is 0 Å². The molecule has 5 nitrogen and oxygen atoms in total. The maximum Gasteiger partial charge on any atom is 0.573 e. The van der Waals surface area contributed by atoms with Crippen molar-refractivity contribution >= 4 is 5.97 Å². The Labute approximate surface area is 100 Å². The van der Waals surface area contributed by atoms with E-state index in [1.54, 1.807) is 6.92 Å². The number of alkyl halides is 3. The highest BCUT2D eigenvalue weighted by Gasteiger charge is 2.33. The van der Waals surface area contributed by atoms with Crippen molar-refractivity contribution in [2.24, 2.45) is 0 Å². The summed E-state index contributed by atoms with van der Waals surface area (Å²) in [7, 11) is 0. The van der Waals surface area contributed by atoms with Gasteiger partial charge in [0.1, 0.15) is 0 Å². The third-order valence-corrected chi connectivity index (χ3v) is 1.95. The predicted molar refractivity (Wildman–Crippen MR) is 53.3 cm³/mol. The van der Waals surface area contributed by atoms with E-state index in [2.05, 4.69) is 14.5 Å². The summed E-state index contributed by atoms with van der Waals surface area (Å²) in [5.41, 5.74) is -0.700. The zero-order valence-electron chi connectivity index (χ0n) is 9.54. The number of halogens is 3. The lowest BCUT2D eigenvalue weighted by Crippen LogP contribution is -2.18. The van der Waals surface area contributed by atoms with Gasteiger partial charge in [0, 0.05) is 5.56 Å². The largest absolute Gasteiger partial charge is 0.573 e. The van der Waals surface area contributed by atoms with Crippen LogP contribution in [-0.2, 0) is 4.74 Å². The second-order valence-electron chi connectivity index (χ2n) is 3.21. The fraction of sp³-hybridized carbons (Fsp3) is 0.400. The van der Waals surface area contributed by atoms with Crippen molar-refractivity contribution in [1.82, 2.24) is 4.98 Å². The minimum absolute atomic E-state index is 0.0554. The Morgan fingerprint density at radius 1 is 1.50 bits per heavy atom. The molecule has 1 N–H and O–H groups in total. The Balaban J connectivity index is 3.09. The summed E-state index contributed by atoms with van der Waals surface area (Å²) in [5, 5.41) is 9.56. The molecule has 0 spiro atoms. The molecular formula is C10H10F3NO4. The first-order valence-electron chi connectivity index (χ1n) is 4.87. The fourth-order valence-electron chi connectivity index (χ4n) is 1.15. The molecule has 0 radical (unpaired) electrons. The predicted octanol–water partition coefficient (Wildman–Crippen LogP) is 2.17. The van der Waals surface area contributed by atoms with E-state index < -0.39 is 29.5 Å². The first kappa shape index (κ1) is 14.1. The van der Waals surface area contributed by atoms with Crippen molar-refractivity contribution in [3.05, 3.63) is 17.5 Å². The highest BCUT2D eigenvalue weighted by atomic mass is 19.4. The lowest BCUT2D eigenvalue weighted by atomic mass is 10.2. The summed E-state index contributed by atoms with van der Waals surface area (Å²) in [4.78, 5) is 14.7. The monoisotopic (exact) mass is 265 g/mol. The second kappa shape index (κ2) is 5.11. The van der Waals surface area contributed by atoms with Gasteiger partial charge >= 0.3 is 12.3 Å². The molecule has 0 saturated carbocycles. The van der Waals surface area contributed by atoms with Crippen LogP contribution in [-0.4, -0.2) is 29.0 Å². The molecule has 0 aliphatic rings. The minimum atomic E-state index is -4.90. The van der Waals surface area contributed by atoms with Gasteiger partial charge in [0.2, 0.25) is 0 Å². The molecule has 1 rings (SSSR count). The maximum absolute atomic E-state index is 12.0. The Hall–Kier alpha value is -1.99. The topological polar surface area (TPSA) is 68.7 Å². The standard InChI is InChI=1S/C10H10F3NO4/c1-3-17-9(16)7-8(15)5(2)6(4-14-7)18-10(11,12)13/h4,15H,3H2,1-2H3. The van der Waals surface area contributed by atoms with Gasteiger partial charge in [-0.15, -0.1) is 13.2 Å². The molecule has 0 aliphatic carbocycles. The van der Waals surface area contributed by atoms with Crippen molar-refractivity contribution in [1.29, 1.82) is 0 Å². The molecule has 0 saturated heterocycles. The maximum atomic E-state index is 12.0. The van der Waals surface area contributed by atoms with Gasteiger partial charge in [-0.1, -0.05) is 0 Å². The molecule has 0 aliphatic heterocycles. The van der Waals surface area contributed by atoms with Crippen LogP contribution in [0.25, 0.3) is 0 Å². The third kappa shape index (κ3) is 3.25. The molecule has 0 aromatic carbocycles. The number of pyridine rings is 1. The molecule has 1 aromatic heterocycles. The lowest BCUT2D eigenvalue weighted by molar-refractivity contribution is -0.275. The van der Waals surface area contributed by atoms with Crippen LogP contribution >= 0.6 is 0 Å². The first-order valence-corrected chi connectivity index (χ1v) is 4.87. The molecule has 0 fully saturated rings. The Bertz CT molecular complexity index is 459. The number of hydrogen-bond donors (Lipinski definition) is 1. The molecule has 100 valence electrons. The molecule has 0 bridgehead atoms. The fourth-order valence-corrected chi connectivity index (χ4v) is 1.15. The van der Waals surface area contributed by atoms with E-state index >= 15 is 0 Å². The number of esters is 1. The Morgan fingerprint density at radius 2 is 2.11 bits per heavy atom. The average molecular weight is 265 g/mol. The van der Waals surface area contributed by atoms with E-state index in [-0.39, 0.29) is 12.2 Å². The number of ether oxygens (including phenoxy) is 2. The number of carbonyl (C=O) groups is 1. The average Bonchev–Trinajstić information content (AvgIpc) is 2.23. The van der Waals surface area contributed by atoms with E-state index in [9.17, 15) is 23.1 Å². The molecule has 18 heavy (non-hydrogen) atoms. The van der Waals surface area contributed by atoms with E-state index in [4.69, 9.17) is 0 Å². The van der Waals surface area contributed by atoms with Crippen LogP contribution in [0.4, 0.5) is 13.2 Å². The van der Waals surface area contributed by atoms with Crippen LogP contribution in [0, 0.1) is 6.92 Å². The summed E-state index contributed by atoms with van der Waals surface area (Å²) >= 11 is 0. The normalized spacial score (nSPS) is 11.2. The molecule has 1 aromatic rings. The molecule has 0 atom stereocenters. The van der Waals surface area contributed by atoms with Gasteiger partial charge in [-0.2, -0.15) is 0 Å². The van der Waals surface area contributed by atoms with Gasteiger partial charge in [0.15, 0.2) is 17.2 Å². The van der Waals surface area contributed by atoms with Crippen molar-refractivity contribution in [3.8, 4) is 11.5 Å². The lowest BCUT2D eigenvalue weighted by Gasteiger charge is -2.13. The Morgan fingerprint density at radius 3 is 2.61 bits per heavy atom. The number of nitrogens with zero attached hydrogens (tertiary/aromatic N) is 1. The van der Waals surface area contributed by atoms with Gasteiger partial charge in [-0.25, -0.2) is 9.78 Å². The molecular weight excluding hydrogens is 255 g/mol. The molecule has 1 heterocycles. The van der Waals surface area contributed by atoms with Crippen LogP contribution in [0.5, 0.6) is 11.5 Å². The van der Waals surface area contributed by atoms with Crippen LogP contribution in [0.1, 0.15) is 23.0 Å². The van der Waals surface area contributed by atoms with Crippen molar-refractivity contribution in [3.63, 3.8) is 0 Å². The van der Waals surface area contributed by atoms with Crippen molar-refractivity contribution in [2.75, 3.05) is 6.61 Å². The van der Waals surface area contributed by atoms with E-state index in [0.29, 0.717) is 6.20 Å². The number of aromatic nitrogens is 1. The zero-order valence-corrected chi connectivity index (χ0v) is 9.54. The highest BCUT2D eigenvalue weighted by Crippen LogP contribution is 2.32. The summed E-state index contributed by atoms with van der Waals surface area (Å²) < 4.78 is 44.2. The summed E-state index contributed by atoms with van der Waals surface area (Å²) in [6, 6.07) is 0. The van der Waals surface area contributed by atoms with Crippen LogP contribution in [0.15, 0.2) is 6.20 Å². The number of rotatable bonds is 3. The van der Waals surface area contributed by atoms with Crippen molar-refractivity contribution < 1.29 is 32.5 Å². The first-order chi connectivity index (χ1) is 8.26. The minimum Gasteiger partial charge on any atom is -0.505 e.